The Kier molecular flexibility index (Phi) is 3.98. The van der Waals surface area contributed by atoms with Crippen molar-refractivity contribution in [2.24, 2.45) is 0 Å². The van der Waals surface area contributed by atoms with E-state index in [4.69, 9.17) is 14.8 Å². The number of rotatable bonds is 4. The van der Waals surface area contributed by atoms with E-state index in [0.717, 1.165) is 12.0 Å². The SMILES string of the molecule is CCCOc1c(C)cccc1B(O)O. The Balaban J connectivity index is 2.96. The summed E-state index contributed by atoms with van der Waals surface area (Å²) in [7, 11) is -1.47. The van der Waals surface area contributed by atoms with Crippen molar-refractivity contribution in [1.82, 2.24) is 0 Å². The molecule has 3 nitrogen and oxygen atoms in total. The van der Waals surface area contributed by atoms with Crippen LogP contribution >= 0.6 is 0 Å². The lowest BCUT2D eigenvalue weighted by atomic mass is 9.78. The Morgan fingerprint density at radius 1 is 1.36 bits per heavy atom. The zero-order chi connectivity index (χ0) is 10.6. The predicted molar refractivity (Wildman–Crippen MR) is 56.8 cm³/mol. The molecule has 0 amide bonds. The van der Waals surface area contributed by atoms with Gasteiger partial charge in [0.1, 0.15) is 5.75 Å². The fourth-order valence-corrected chi connectivity index (χ4v) is 1.28. The third kappa shape index (κ3) is 2.50. The van der Waals surface area contributed by atoms with Gasteiger partial charge in [-0.05, 0) is 18.9 Å². The maximum atomic E-state index is 9.10. The van der Waals surface area contributed by atoms with Gasteiger partial charge in [0.15, 0.2) is 0 Å². The highest BCUT2D eigenvalue weighted by atomic mass is 16.5. The van der Waals surface area contributed by atoms with Crippen LogP contribution < -0.4 is 10.2 Å². The van der Waals surface area contributed by atoms with Crippen LogP contribution in [-0.2, 0) is 0 Å². The largest absolute Gasteiger partial charge is 0.494 e. The Hall–Kier alpha value is -0.995. The molecule has 0 atom stereocenters. The minimum absolute atomic E-state index is 0.429. The molecule has 1 rings (SSSR count). The van der Waals surface area contributed by atoms with Crippen LogP contribution in [-0.4, -0.2) is 23.8 Å². The van der Waals surface area contributed by atoms with E-state index in [2.05, 4.69) is 0 Å². The second kappa shape index (κ2) is 5.03. The molecule has 1 aromatic carbocycles. The first-order valence-corrected chi connectivity index (χ1v) is 4.75. The van der Waals surface area contributed by atoms with Gasteiger partial charge in [0.25, 0.3) is 0 Å². The molecular weight excluding hydrogens is 179 g/mol. The highest BCUT2D eigenvalue weighted by Crippen LogP contribution is 2.14. The minimum atomic E-state index is -1.47. The smallest absolute Gasteiger partial charge is 0.492 e. The first-order chi connectivity index (χ1) is 6.66. The maximum Gasteiger partial charge on any atom is 0.492 e. The number of benzene rings is 1. The molecule has 0 saturated heterocycles. The second-order valence-corrected chi connectivity index (χ2v) is 3.22. The summed E-state index contributed by atoms with van der Waals surface area (Å²) in [5, 5.41) is 18.2. The molecule has 0 saturated carbocycles. The van der Waals surface area contributed by atoms with Crippen LogP contribution in [0.1, 0.15) is 18.9 Å². The van der Waals surface area contributed by atoms with E-state index in [9.17, 15) is 0 Å². The average molecular weight is 194 g/mol. The molecule has 0 spiro atoms. The Morgan fingerprint density at radius 3 is 2.64 bits per heavy atom. The molecule has 0 aliphatic rings. The molecule has 0 aromatic heterocycles. The standard InChI is InChI=1S/C10H15BO3/c1-3-7-14-10-8(2)5-4-6-9(10)11(12)13/h4-6,12-13H,3,7H2,1-2H3. The van der Waals surface area contributed by atoms with Gasteiger partial charge >= 0.3 is 7.12 Å². The summed E-state index contributed by atoms with van der Waals surface area (Å²) in [4.78, 5) is 0. The summed E-state index contributed by atoms with van der Waals surface area (Å²) < 4.78 is 5.46. The Labute approximate surface area is 84.5 Å². The van der Waals surface area contributed by atoms with Gasteiger partial charge in [-0.25, -0.2) is 0 Å². The van der Waals surface area contributed by atoms with E-state index in [-0.39, 0.29) is 0 Å². The lowest BCUT2D eigenvalue weighted by molar-refractivity contribution is 0.315. The second-order valence-electron chi connectivity index (χ2n) is 3.22. The van der Waals surface area contributed by atoms with Crippen molar-refractivity contribution in [2.75, 3.05) is 6.61 Å². The maximum absolute atomic E-state index is 9.10. The molecule has 4 heteroatoms. The Morgan fingerprint density at radius 2 is 2.07 bits per heavy atom. The fraction of sp³-hybridized carbons (Fsp3) is 0.400. The molecule has 0 fully saturated rings. The van der Waals surface area contributed by atoms with Crippen molar-refractivity contribution in [3.63, 3.8) is 0 Å². The molecule has 0 bridgehead atoms. The quantitative estimate of drug-likeness (QED) is 0.684. The van der Waals surface area contributed by atoms with E-state index in [1.807, 2.05) is 19.9 Å². The van der Waals surface area contributed by atoms with E-state index < -0.39 is 7.12 Å². The van der Waals surface area contributed by atoms with Gasteiger partial charge in [-0.1, -0.05) is 25.1 Å². The molecule has 0 aliphatic heterocycles. The zero-order valence-electron chi connectivity index (χ0n) is 8.53. The van der Waals surface area contributed by atoms with Crippen molar-refractivity contribution in [1.29, 1.82) is 0 Å². The first kappa shape index (κ1) is 11.1. The summed E-state index contributed by atoms with van der Waals surface area (Å²) in [5.74, 6) is 0.587. The topological polar surface area (TPSA) is 49.7 Å². The number of hydrogen-bond acceptors (Lipinski definition) is 3. The fourth-order valence-electron chi connectivity index (χ4n) is 1.28. The lowest BCUT2D eigenvalue weighted by Crippen LogP contribution is -2.32. The predicted octanol–water partition coefficient (Wildman–Crippen LogP) is 0.464. The average Bonchev–Trinajstić information content (AvgIpc) is 2.15. The van der Waals surface area contributed by atoms with Crippen molar-refractivity contribution >= 4 is 12.6 Å². The summed E-state index contributed by atoms with van der Waals surface area (Å²) in [5.41, 5.74) is 1.35. The van der Waals surface area contributed by atoms with Crippen LogP contribution in [0, 0.1) is 6.92 Å². The monoisotopic (exact) mass is 194 g/mol. The molecule has 0 radical (unpaired) electrons. The molecular formula is C10H15BO3. The van der Waals surface area contributed by atoms with Gasteiger partial charge < -0.3 is 14.8 Å². The number of hydrogen-bond donors (Lipinski definition) is 2. The first-order valence-electron chi connectivity index (χ1n) is 4.75. The number of aryl methyl sites for hydroxylation is 1. The third-order valence-electron chi connectivity index (χ3n) is 1.97. The lowest BCUT2D eigenvalue weighted by Gasteiger charge is -2.12. The van der Waals surface area contributed by atoms with Crippen LogP contribution in [0.3, 0.4) is 0 Å². The van der Waals surface area contributed by atoms with Crippen LogP contribution in [0.5, 0.6) is 5.75 Å². The highest BCUT2D eigenvalue weighted by molar-refractivity contribution is 6.59. The van der Waals surface area contributed by atoms with Gasteiger partial charge in [0.2, 0.25) is 0 Å². The van der Waals surface area contributed by atoms with E-state index >= 15 is 0 Å². The highest BCUT2D eigenvalue weighted by Gasteiger charge is 2.17. The molecule has 2 N–H and O–H groups in total. The minimum Gasteiger partial charge on any atom is -0.494 e. The van der Waals surface area contributed by atoms with Crippen LogP contribution in [0.4, 0.5) is 0 Å². The van der Waals surface area contributed by atoms with Gasteiger partial charge in [-0.2, -0.15) is 0 Å². The summed E-state index contributed by atoms with van der Waals surface area (Å²) in [6, 6.07) is 5.32. The van der Waals surface area contributed by atoms with Crippen LogP contribution in [0.25, 0.3) is 0 Å². The van der Waals surface area contributed by atoms with Gasteiger partial charge in [-0.3, -0.25) is 0 Å². The van der Waals surface area contributed by atoms with Gasteiger partial charge in [0.05, 0.1) is 6.61 Å². The van der Waals surface area contributed by atoms with Crippen molar-refractivity contribution < 1.29 is 14.8 Å². The van der Waals surface area contributed by atoms with E-state index in [1.54, 1.807) is 12.1 Å². The normalized spacial score (nSPS) is 10.0. The molecule has 0 unspecified atom stereocenters. The van der Waals surface area contributed by atoms with Crippen molar-refractivity contribution in [2.45, 2.75) is 20.3 Å². The van der Waals surface area contributed by atoms with Gasteiger partial charge in [0, 0.05) is 5.46 Å². The molecule has 14 heavy (non-hydrogen) atoms. The summed E-state index contributed by atoms with van der Waals surface area (Å²) in [6.45, 7) is 4.48. The molecule has 1 aromatic rings. The van der Waals surface area contributed by atoms with E-state index in [0.29, 0.717) is 17.8 Å². The summed E-state index contributed by atoms with van der Waals surface area (Å²) >= 11 is 0. The molecule has 0 heterocycles. The third-order valence-corrected chi connectivity index (χ3v) is 1.97. The number of ether oxygens (including phenoxy) is 1. The van der Waals surface area contributed by atoms with E-state index in [1.165, 1.54) is 0 Å². The van der Waals surface area contributed by atoms with Gasteiger partial charge in [-0.15, -0.1) is 0 Å². The van der Waals surface area contributed by atoms with Crippen molar-refractivity contribution in [3.05, 3.63) is 23.8 Å². The zero-order valence-corrected chi connectivity index (χ0v) is 8.53. The Bertz CT molecular complexity index is 299. The molecule has 76 valence electrons. The van der Waals surface area contributed by atoms with Crippen molar-refractivity contribution in [3.8, 4) is 5.75 Å². The molecule has 0 aliphatic carbocycles. The summed E-state index contributed by atoms with van der Waals surface area (Å²) in [6.07, 6.45) is 0.898. The van der Waals surface area contributed by atoms with Crippen LogP contribution in [0.2, 0.25) is 0 Å². The van der Waals surface area contributed by atoms with Crippen LogP contribution in [0.15, 0.2) is 18.2 Å². The number of para-hydroxylation sites is 1.